The molecule has 0 aromatic heterocycles. The lowest BCUT2D eigenvalue weighted by molar-refractivity contribution is -0.384. The Labute approximate surface area is 190 Å². The Morgan fingerprint density at radius 1 is 1.09 bits per heavy atom. The summed E-state index contributed by atoms with van der Waals surface area (Å²) in [6, 6.07) is 19.5. The van der Waals surface area contributed by atoms with Gasteiger partial charge in [0.2, 0.25) is 11.7 Å². The molecule has 3 aromatic carbocycles. The number of Topliss-reactive ketones (excluding diaryl/α,β-unsaturated/α-hetero) is 1. The molecule has 0 N–H and O–H groups in total. The molecule has 0 spiro atoms. The average Bonchev–Trinajstić information content (AvgIpc) is 3.32. The van der Waals surface area contributed by atoms with Crippen molar-refractivity contribution in [3.05, 3.63) is 82.4 Å². The molecule has 8 nitrogen and oxygen atoms in total. The third-order valence-corrected chi connectivity index (χ3v) is 5.53. The summed E-state index contributed by atoms with van der Waals surface area (Å²) >= 11 is 0. The predicted octanol–water partition coefficient (Wildman–Crippen LogP) is 4.45. The highest BCUT2D eigenvalue weighted by atomic mass is 16.6. The number of ketones is 1. The number of ether oxygens (including phenoxy) is 1. The molecule has 4 rings (SSSR count). The third kappa shape index (κ3) is 5.06. The molecule has 3 aromatic rings. The maximum Gasteiger partial charge on any atom is 0.271 e. The van der Waals surface area contributed by atoms with Crippen LogP contribution in [0.15, 0.2) is 71.7 Å². The van der Waals surface area contributed by atoms with Crippen molar-refractivity contribution < 1.29 is 19.2 Å². The molecule has 1 unspecified atom stereocenters. The van der Waals surface area contributed by atoms with Gasteiger partial charge in [-0.05, 0) is 34.9 Å². The zero-order valence-electron chi connectivity index (χ0n) is 18.1. The van der Waals surface area contributed by atoms with E-state index in [0.29, 0.717) is 12.2 Å². The van der Waals surface area contributed by atoms with E-state index in [-0.39, 0.29) is 24.2 Å². The van der Waals surface area contributed by atoms with E-state index in [4.69, 9.17) is 4.74 Å². The van der Waals surface area contributed by atoms with Crippen LogP contribution in [0.25, 0.3) is 10.8 Å². The number of carbonyl (C=O) groups excluding carboxylic acids is 2. The molecule has 0 radical (unpaired) electrons. The average molecular weight is 445 g/mol. The van der Waals surface area contributed by atoms with Crippen molar-refractivity contribution in [1.82, 2.24) is 0 Å². The maximum atomic E-state index is 13.2. The number of aliphatic imine (C=N–C) groups is 1. The van der Waals surface area contributed by atoms with Crippen LogP contribution in [0.2, 0.25) is 0 Å². The van der Waals surface area contributed by atoms with Gasteiger partial charge >= 0.3 is 0 Å². The number of nitro groups is 1. The fourth-order valence-electron chi connectivity index (χ4n) is 3.71. The molecule has 168 valence electrons. The van der Waals surface area contributed by atoms with Gasteiger partial charge < -0.3 is 9.64 Å². The van der Waals surface area contributed by atoms with E-state index >= 15 is 0 Å². The first-order valence-electron chi connectivity index (χ1n) is 10.7. The van der Waals surface area contributed by atoms with Crippen LogP contribution in [0.1, 0.15) is 25.3 Å². The van der Waals surface area contributed by atoms with Crippen molar-refractivity contribution in [2.24, 2.45) is 4.99 Å². The van der Waals surface area contributed by atoms with Gasteiger partial charge in [-0.15, -0.1) is 0 Å². The molecule has 0 aliphatic carbocycles. The fourth-order valence-corrected chi connectivity index (χ4v) is 3.71. The molecule has 1 aliphatic heterocycles. The minimum Gasteiger partial charge on any atom is -0.470 e. The molecular formula is C25H23N3O5. The zero-order chi connectivity index (χ0) is 23.4. The Morgan fingerprint density at radius 2 is 1.88 bits per heavy atom. The van der Waals surface area contributed by atoms with Gasteiger partial charge in [0.1, 0.15) is 6.10 Å². The number of benzene rings is 3. The van der Waals surface area contributed by atoms with Crippen LogP contribution in [0.5, 0.6) is 0 Å². The second-order valence-corrected chi connectivity index (χ2v) is 7.83. The summed E-state index contributed by atoms with van der Waals surface area (Å²) in [5.41, 5.74) is 1.04. The van der Waals surface area contributed by atoms with E-state index in [1.54, 1.807) is 6.07 Å². The Kier molecular flexibility index (Phi) is 6.44. The van der Waals surface area contributed by atoms with Crippen LogP contribution in [0.3, 0.4) is 0 Å². The summed E-state index contributed by atoms with van der Waals surface area (Å²) in [6.45, 7) is 2.49. The lowest BCUT2D eigenvalue weighted by atomic mass is 10.1. The highest BCUT2D eigenvalue weighted by Gasteiger charge is 2.28. The smallest absolute Gasteiger partial charge is 0.271 e. The standard InChI is InChI=1S/C25H23N3O5/c1-2-22-15-26-25(33-22)23(29)14-24(30)27(20-8-5-9-21(13-20)28(31)32)16-17-10-11-18-6-3-4-7-19(18)12-17/h3-13,22H,2,14-16H2,1H3. The molecule has 8 heteroatoms. The van der Waals surface area contributed by atoms with Crippen LogP contribution in [-0.2, 0) is 20.9 Å². The predicted molar refractivity (Wildman–Crippen MR) is 125 cm³/mol. The number of fused-ring (bicyclic) bond motifs is 1. The lowest BCUT2D eigenvalue weighted by Gasteiger charge is -2.23. The topological polar surface area (TPSA) is 102 Å². The highest BCUT2D eigenvalue weighted by molar-refractivity contribution is 6.40. The van der Waals surface area contributed by atoms with Gasteiger partial charge in [-0.1, -0.05) is 49.4 Å². The zero-order valence-corrected chi connectivity index (χ0v) is 18.1. The Hall–Kier alpha value is -4.07. The van der Waals surface area contributed by atoms with Gasteiger partial charge in [-0.3, -0.25) is 19.7 Å². The van der Waals surface area contributed by atoms with E-state index in [1.807, 2.05) is 49.4 Å². The summed E-state index contributed by atoms with van der Waals surface area (Å²) < 4.78 is 5.52. The first-order valence-corrected chi connectivity index (χ1v) is 10.7. The molecule has 0 bridgehead atoms. The second kappa shape index (κ2) is 9.60. The van der Waals surface area contributed by atoms with E-state index in [0.717, 1.165) is 22.8 Å². The van der Waals surface area contributed by atoms with Crippen molar-refractivity contribution in [1.29, 1.82) is 0 Å². The van der Waals surface area contributed by atoms with Gasteiger partial charge in [0, 0.05) is 12.1 Å². The normalized spacial score (nSPS) is 15.1. The molecule has 33 heavy (non-hydrogen) atoms. The monoisotopic (exact) mass is 445 g/mol. The first-order chi connectivity index (χ1) is 15.9. The molecule has 1 amide bonds. The van der Waals surface area contributed by atoms with E-state index in [1.165, 1.54) is 23.1 Å². The van der Waals surface area contributed by atoms with Crippen LogP contribution >= 0.6 is 0 Å². The molecule has 1 atom stereocenters. The summed E-state index contributed by atoms with van der Waals surface area (Å²) in [7, 11) is 0. The Balaban J connectivity index is 1.61. The van der Waals surface area contributed by atoms with Crippen LogP contribution in [0, 0.1) is 10.1 Å². The summed E-state index contributed by atoms with van der Waals surface area (Å²) in [5.74, 6) is -1.01. The molecular weight excluding hydrogens is 422 g/mol. The number of nitro benzene ring substituents is 1. The van der Waals surface area contributed by atoms with Crippen molar-refractivity contribution in [2.75, 3.05) is 11.4 Å². The van der Waals surface area contributed by atoms with Gasteiger partial charge in [0.05, 0.1) is 30.1 Å². The largest absolute Gasteiger partial charge is 0.470 e. The summed E-state index contributed by atoms with van der Waals surface area (Å²) in [6.07, 6.45) is 0.131. The van der Waals surface area contributed by atoms with Crippen molar-refractivity contribution in [3.8, 4) is 0 Å². The number of hydrogen-bond donors (Lipinski definition) is 0. The minimum absolute atomic E-state index is 0.0279. The second-order valence-electron chi connectivity index (χ2n) is 7.83. The van der Waals surface area contributed by atoms with Crippen molar-refractivity contribution in [2.45, 2.75) is 32.4 Å². The number of non-ortho nitro benzene ring substituents is 1. The Bertz CT molecular complexity index is 1250. The van der Waals surface area contributed by atoms with Crippen LogP contribution < -0.4 is 4.90 Å². The summed E-state index contributed by atoms with van der Waals surface area (Å²) in [4.78, 5) is 42.1. The lowest BCUT2D eigenvalue weighted by Crippen LogP contribution is -2.34. The molecule has 0 fully saturated rings. The quantitative estimate of drug-likeness (QED) is 0.290. The van der Waals surface area contributed by atoms with Crippen molar-refractivity contribution >= 4 is 39.7 Å². The number of carbonyl (C=O) groups is 2. The first kappa shape index (κ1) is 22.1. The van der Waals surface area contributed by atoms with Gasteiger partial charge in [0.25, 0.3) is 11.6 Å². The molecule has 0 saturated heterocycles. The maximum absolute atomic E-state index is 13.2. The van der Waals surface area contributed by atoms with Crippen LogP contribution in [-0.4, -0.2) is 35.2 Å². The number of hydrogen-bond acceptors (Lipinski definition) is 6. The molecule has 1 aliphatic rings. The molecule has 1 heterocycles. The van der Waals surface area contributed by atoms with Crippen molar-refractivity contribution in [3.63, 3.8) is 0 Å². The van der Waals surface area contributed by atoms with Gasteiger partial charge in [0.15, 0.2) is 0 Å². The number of anilines is 1. The Morgan fingerprint density at radius 3 is 2.61 bits per heavy atom. The SMILES string of the molecule is CCC1CN=C(C(=O)CC(=O)N(Cc2ccc3ccccc3c2)c2cccc([N+](=O)[O-])c2)O1. The van der Waals surface area contributed by atoms with Gasteiger partial charge in [-0.2, -0.15) is 0 Å². The summed E-state index contributed by atoms with van der Waals surface area (Å²) in [5, 5.41) is 13.3. The fraction of sp³-hybridized carbons (Fsp3) is 0.240. The third-order valence-electron chi connectivity index (χ3n) is 5.53. The highest BCUT2D eigenvalue weighted by Crippen LogP contribution is 2.25. The number of nitrogens with zero attached hydrogens (tertiary/aromatic N) is 3. The molecule has 0 saturated carbocycles. The number of rotatable bonds is 8. The van der Waals surface area contributed by atoms with E-state index in [9.17, 15) is 19.7 Å². The van der Waals surface area contributed by atoms with Gasteiger partial charge in [-0.25, -0.2) is 4.99 Å². The van der Waals surface area contributed by atoms with Crippen LogP contribution in [0.4, 0.5) is 11.4 Å². The number of amides is 1. The van der Waals surface area contributed by atoms with E-state index in [2.05, 4.69) is 4.99 Å². The van der Waals surface area contributed by atoms with E-state index < -0.39 is 23.0 Å². The minimum atomic E-state index is -0.515.